The Hall–Kier alpha value is -2.34. The van der Waals surface area contributed by atoms with Gasteiger partial charge in [-0.15, -0.1) is 11.3 Å². The molecule has 0 spiro atoms. The molecule has 0 saturated carbocycles. The molecule has 1 aliphatic heterocycles. The number of nitrogens with two attached hydrogens (primary N) is 1. The maximum Gasteiger partial charge on any atom is 0.223 e. The van der Waals surface area contributed by atoms with Crippen LogP contribution < -0.4 is 10.6 Å². The third kappa shape index (κ3) is 1.76. The summed E-state index contributed by atoms with van der Waals surface area (Å²) in [5, 5.41) is 2.07. The molecule has 0 bridgehead atoms. The summed E-state index contributed by atoms with van der Waals surface area (Å²) >= 11 is 1.58. The van der Waals surface area contributed by atoms with Gasteiger partial charge in [-0.2, -0.15) is 0 Å². The Balaban J connectivity index is 1.84. The lowest BCUT2D eigenvalue weighted by Gasteiger charge is -2.14. The van der Waals surface area contributed by atoms with Crippen LogP contribution in [0.15, 0.2) is 29.8 Å². The quantitative estimate of drug-likeness (QED) is 0.751. The number of fused-ring (bicyclic) bond motifs is 2. The first-order chi connectivity index (χ1) is 10.1. The van der Waals surface area contributed by atoms with Crippen molar-refractivity contribution in [1.29, 1.82) is 0 Å². The molecule has 0 atom stereocenters. The minimum absolute atomic E-state index is 0.0956. The summed E-state index contributed by atoms with van der Waals surface area (Å²) in [4.78, 5) is 18.6. The number of nitrogen functional groups attached to an aromatic ring is 1. The Labute approximate surface area is 125 Å². The summed E-state index contributed by atoms with van der Waals surface area (Å²) in [5.74, 6) is 0.741. The number of rotatable bonds is 1. The molecule has 0 radical (unpaired) electrons. The predicted octanol–water partition coefficient (Wildman–Crippen LogP) is 2.55. The first-order valence-corrected chi connectivity index (χ1v) is 7.65. The number of imidazole rings is 1. The largest absolute Gasteiger partial charge is 0.383 e. The van der Waals surface area contributed by atoms with E-state index in [1.54, 1.807) is 24.5 Å². The van der Waals surface area contributed by atoms with Gasteiger partial charge >= 0.3 is 0 Å². The number of carbonyl (C=O) groups excluding carboxylic acids is 1. The third-order valence-electron chi connectivity index (χ3n) is 3.92. The summed E-state index contributed by atoms with van der Waals surface area (Å²) in [7, 11) is 0. The lowest BCUT2D eigenvalue weighted by molar-refractivity contribution is -0.116. The van der Waals surface area contributed by atoms with Gasteiger partial charge in [0, 0.05) is 24.5 Å². The number of benzene rings is 1. The Morgan fingerprint density at radius 3 is 3.10 bits per heavy atom. The van der Waals surface area contributed by atoms with Crippen molar-refractivity contribution < 1.29 is 4.79 Å². The summed E-state index contributed by atoms with van der Waals surface area (Å²) < 4.78 is 1.96. The first kappa shape index (κ1) is 12.4. The van der Waals surface area contributed by atoms with E-state index in [4.69, 9.17) is 5.73 Å². The van der Waals surface area contributed by atoms with E-state index in [1.165, 1.54) is 5.56 Å². The monoisotopic (exact) mass is 298 g/mol. The van der Waals surface area contributed by atoms with E-state index >= 15 is 0 Å². The molecule has 6 heteroatoms. The van der Waals surface area contributed by atoms with Gasteiger partial charge in [-0.25, -0.2) is 4.98 Å². The van der Waals surface area contributed by atoms with Crippen LogP contribution in [0.5, 0.6) is 0 Å². The van der Waals surface area contributed by atoms with Gasteiger partial charge in [-0.05, 0) is 29.7 Å². The van der Waals surface area contributed by atoms with Crippen molar-refractivity contribution in [3.8, 4) is 11.3 Å². The highest BCUT2D eigenvalue weighted by atomic mass is 32.1. The van der Waals surface area contributed by atoms with Crippen LogP contribution in [0.1, 0.15) is 12.5 Å². The number of anilines is 2. The van der Waals surface area contributed by atoms with Crippen molar-refractivity contribution >= 4 is 33.7 Å². The molecule has 4 rings (SSSR count). The molecular formula is C15H14N4OS. The number of thiazole rings is 1. The van der Waals surface area contributed by atoms with E-state index < -0.39 is 0 Å². The van der Waals surface area contributed by atoms with Gasteiger partial charge in [0.05, 0.1) is 11.9 Å². The number of carbonyl (C=O) groups is 1. The zero-order chi connectivity index (χ0) is 14.6. The molecule has 0 unspecified atom stereocenters. The van der Waals surface area contributed by atoms with Gasteiger partial charge in [0.2, 0.25) is 5.91 Å². The van der Waals surface area contributed by atoms with Crippen LogP contribution in [0.3, 0.4) is 0 Å². The van der Waals surface area contributed by atoms with Crippen molar-refractivity contribution in [2.24, 2.45) is 0 Å². The summed E-state index contributed by atoms with van der Waals surface area (Å²) in [6.07, 6.45) is 2.58. The molecule has 3 heterocycles. The van der Waals surface area contributed by atoms with Gasteiger partial charge in [-0.3, -0.25) is 9.20 Å². The molecule has 21 heavy (non-hydrogen) atoms. The summed E-state index contributed by atoms with van der Waals surface area (Å²) in [6, 6.07) is 6.22. The van der Waals surface area contributed by atoms with Crippen LogP contribution in [0.25, 0.3) is 16.2 Å². The fourth-order valence-electron chi connectivity index (χ4n) is 2.92. The minimum Gasteiger partial charge on any atom is -0.383 e. The molecule has 1 amide bonds. The van der Waals surface area contributed by atoms with E-state index in [2.05, 4.69) is 16.4 Å². The standard InChI is InChI=1S/C15H14N4OS/c1-9(20)18-5-4-11-6-10(2-3-12(11)18)13-8-21-15-17-7-14(16)19(13)15/h2-3,6-8H,4-5,16H2,1H3. The van der Waals surface area contributed by atoms with Crippen molar-refractivity contribution in [2.45, 2.75) is 13.3 Å². The van der Waals surface area contributed by atoms with Crippen molar-refractivity contribution in [2.75, 3.05) is 17.2 Å². The third-order valence-corrected chi connectivity index (χ3v) is 4.76. The minimum atomic E-state index is 0.0956. The molecule has 3 aromatic rings. The van der Waals surface area contributed by atoms with Crippen molar-refractivity contribution in [3.05, 3.63) is 35.3 Å². The second kappa shape index (κ2) is 4.33. The van der Waals surface area contributed by atoms with Gasteiger partial charge in [0.15, 0.2) is 4.96 Å². The van der Waals surface area contributed by atoms with Gasteiger partial charge in [0.25, 0.3) is 0 Å². The predicted molar refractivity (Wildman–Crippen MR) is 84.6 cm³/mol. The molecule has 1 aromatic carbocycles. The summed E-state index contributed by atoms with van der Waals surface area (Å²) in [6.45, 7) is 2.37. The molecule has 106 valence electrons. The lowest BCUT2D eigenvalue weighted by Crippen LogP contribution is -2.25. The van der Waals surface area contributed by atoms with Crippen LogP contribution in [-0.2, 0) is 11.2 Å². The second-order valence-electron chi connectivity index (χ2n) is 5.19. The molecule has 0 aliphatic carbocycles. The van der Waals surface area contributed by atoms with E-state index in [0.717, 1.165) is 34.9 Å². The maximum absolute atomic E-state index is 11.6. The van der Waals surface area contributed by atoms with Gasteiger partial charge < -0.3 is 10.6 Å². The Morgan fingerprint density at radius 1 is 1.43 bits per heavy atom. The molecule has 2 N–H and O–H groups in total. The average Bonchev–Trinajstić information content (AvgIpc) is 3.14. The molecule has 1 aliphatic rings. The topological polar surface area (TPSA) is 63.6 Å². The zero-order valence-corrected chi connectivity index (χ0v) is 12.4. The summed E-state index contributed by atoms with van der Waals surface area (Å²) in [5.41, 5.74) is 10.4. The number of hydrogen-bond donors (Lipinski definition) is 1. The normalized spacial score (nSPS) is 13.9. The maximum atomic E-state index is 11.6. The van der Waals surface area contributed by atoms with Crippen LogP contribution >= 0.6 is 11.3 Å². The Bertz CT molecular complexity index is 864. The second-order valence-corrected chi connectivity index (χ2v) is 6.02. The SMILES string of the molecule is CC(=O)N1CCc2cc(-c3csc4ncc(N)n34)ccc21. The first-order valence-electron chi connectivity index (χ1n) is 6.77. The van der Waals surface area contributed by atoms with E-state index in [-0.39, 0.29) is 5.91 Å². The van der Waals surface area contributed by atoms with E-state index in [0.29, 0.717) is 5.82 Å². The highest BCUT2D eigenvalue weighted by Gasteiger charge is 2.22. The number of amides is 1. The number of hydrogen-bond acceptors (Lipinski definition) is 4. The molecule has 0 fully saturated rings. The smallest absolute Gasteiger partial charge is 0.223 e. The molecule has 0 saturated heterocycles. The highest BCUT2D eigenvalue weighted by molar-refractivity contribution is 7.15. The van der Waals surface area contributed by atoms with Gasteiger partial charge in [-0.1, -0.05) is 6.07 Å². The van der Waals surface area contributed by atoms with Gasteiger partial charge in [0.1, 0.15) is 5.82 Å². The van der Waals surface area contributed by atoms with E-state index in [1.807, 2.05) is 21.4 Å². The molecule has 5 nitrogen and oxygen atoms in total. The van der Waals surface area contributed by atoms with Crippen LogP contribution in [-0.4, -0.2) is 21.8 Å². The Morgan fingerprint density at radius 2 is 2.29 bits per heavy atom. The number of nitrogens with zero attached hydrogens (tertiary/aromatic N) is 3. The van der Waals surface area contributed by atoms with Crippen molar-refractivity contribution in [3.63, 3.8) is 0 Å². The fourth-order valence-corrected chi connectivity index (χ4v) is 3.80. The van der Waals surface area contributed by atoms with Crippen molar-refractivity contribution in [1.82, 2.24) is 9.38 Å². The van der Waals surface area contributed by atoms with Crippen LogP contribution in [0.2, 0.25) is 0 Å². The van der Waals surface area contributed by atoms with Crippen LogP contribution in [0, 0.1) is 0 Å². The molecular weight excluding hydrogens is 284 g/mol. The highest BCUT2D eigenvalue weighted by Crippen LogP contribution is 2.34. The Kier molecular flexibility index (Phi) is 2.56. The van der Waals surface area contributed by atoms with E-state index in [9.17, 15) is 4.79 Å². The number of aromatic nitrogens is 2. The van der Waals surface area contributed by atoms with Crippen LogP contribution in [0.4, 0.5) is 11.5 Å². The fraction of sp³-hybridized carbons (Fsp3) is 0.200. The average molecular weight is 298 g/mol. The lowest BCUT2D eigenvalue weighted by atomic mass is 10.1. The zero-order valence-electron chi connectivity index (χ0n) is 11.5. The molecule has 2 aromatic heterocycles.